The lowest BCUT2D eigenvalue weighted by Crippen LogP contribution is -2.10. The second kappa shape index (κ2) is 6.42. The molecule has 1 unspecified atom stereocenters. The molecule has 0 aliphatic carbocycles. The van der Waals surface area contributed by atoms with Gasteiger partial charge in [-0.25, -0.2) is 0 Å². The predicted molar refractivity (Wildman–Crippen MR) is 105 cm³/mol. The number of rotatable bonds is 3. The Labute approximate surface area is 161 Å². The molecular formula is C20H20N4O2S. The number of aryl methyl sites for hydroxylation is 3. The van der Waals surface area contributed by atoms with Crippen LogP contribution in [-0.2, 0) is 4.79 Å². The van der Waals surface area contributed by atoms with Gasteiger partial charge in [0, 0.05) is 16.0 Å². The molecule has 1 atom stereocenters. The summed E-state index contributed by atoms with van der Waals surface area (Å²) < 4.78 is 1.97. The number of benzene rings is 1. The molecule has 6 nitrogen and oxygen atoms in total. The van der Waals surface area contributed by atoms with E-state index in [-0.39, 0.29) is 6.42 Å². The minimum atomic E-state index is -0.905. The maximum absolute atomic E-state index is 11.5. The van der Waals surface area contributed by atoms with Crippen molar-refractivity contribution in [1.29, 1.82) is 0 Å². The quantitative estimate of drug-likeness (QED) is 0.746. The van der Waals surface area contributed by atoms with Crippen molar-refractivity contribution in [1.82, 2.24) is 14.8 Å². The van der Waals surface area contributed by atoms with E-state index in [2.05, 4.69) is 36.2 Å². The van der Waals surface area contributed by atoms with Gasteiger partial charge in [0.2, 0.25) is 0 Å². The molecule has 2 aromatic heterocycles. The summed E-state index contributed by atoms with van der Waals surface area (Å²) in [5, 5.41) is 18.9. The van der Waals surface area contributed by atoms with Gasteiger partial charge in [0.25, 0.3) is 0 Å². The Bertz CT molecular complexity index is 1080. The first kappa shape index (κ1) is 17.6. The molecule has 27 heavy (non-hydrogen) atoms. The van der Waals surface area contributed by atoms with Crippen molar-refractivity contribution < 1.29 is 9.90 Å². The third kappa shape index (κ3) is 2.88. The lowest BCUT2D eigenvalue weighted by Gasteiger charge is -2.11. The summed E-state index contributed by atoms with van der Waals surface area (Å²) in [5.74, 6) is 0.417. The van der Waals surface area contributed by atoms with Gasteiger partial charge in [-0.2, -0.15) is 0 Å². The van der Waals surface area contributed by atoms with E-state index in [1.54, 1.807) is 11.3 Å². The Balaban J connectivity index is 2.04. The highest BCUT2D eigenvalue weighted by molar-refractivity contribution is 7.15. The number of thiophene rings is 1. The van der Waals surface area contributed by atoms with Gasteiger partial charge in [0.15, 0.2) is 5.82 Å². The van der Waals surface area contributed by atoms with Gasteiger partial charge in [-0.15, -0.1) is 21.5 Å². The summed E-state index contributed by atoms with van der Waals surface area (Å²) in [4.78, 5) is 17.6. The van der Waals surface area contributed by atoms with E-state index in [1.807, 2.05) is 30.5 Å². The normalized spacial score (nSPS) is 15.7. The highest BCUT2D eigenvalue weighted by Gasteiger charge is 2.32. The van der Waals surface area contributed by atoms with Crippen LogP contribution in [0.1, 0.15) is 51.2 Å². The lowest BCUT2D eigenvalue weighted by molar-refractivity contribution is -0.137. The standard InChI is InChI=1S/C20H20N4O2S/c1-10-5-7-14(8-6-10)18-17-11(2)12(3)27-20(17)24-13(4)22-23-19(24)15(21-18)9-16(25)26/h5-8,15H,9H2,1-4H3,(H,25,26). The summed E-state index contributed by atoms with van der Waals surface area (Å²) in [6, 6.07) is 7.60. The molecule has 0 bridgehead atoms. The van der Waals surface area contributed by atoms with E-state index < -0.39 is 12.0 Å². The van der Waals surface area contributed by atoms with Crippen LogP contribution in [0.2, 0.25) is 0 Å². The Morgan fingerprint density at radius 2 is 1.85 bits per heavy atom. The number of aliphatic carboxylic acids is 1. The Morgan fingerprint density at radius 3 is 2.52 bits per heavy atom. The fourth-order valence-electron chi connectivity index (χ4n) is 3.40. The molecular weight excluding hydrogens is 360 g/mol. The van der Waals surface area contributed by atoms with Crippen molar-refractivity contribution in [2.75, 3.05) is 0 Å². The molecule has 0 saturated heterocycles. The van der Waals surface area contributed by atoms with Gasteiger partial charge in [-0.1, -0.05) is 29.8 Å². The average molecular weight is 380 g/mol. The highest BCUT2D eigenvalue weighted by atomic mass is 32.1. The molecule has 4 rings (SSSR count). The Morgan fingerprint density at radius 1 is 1.15 bits per heavy atom. The van der Waals surface area contributed by atoms with Crippen LogP contribution >= 0.6 is 11.3 Å². The molecule has 138 valence electrons. The molecule has 1 aliphatic heterocycles. The SMILES string of the molecule is Cc1ccc(C2=NC(CC(=O)O)c3nnc(C)n3-c3sc(C)c(C)c32)cc1. The third-order valence-corrected chi connectivity index (χ3v) is 6.12. The van der Waals surface area contributed by atoms with Crippen molar-refractivity contribution in [2.24, 2.45) is 4.99 Å². The maximum Gasteiger partial charge on any atom is 0.306 e. The first-order chi connectivity index (χ1) is 12.9. The third-order valence-electron chi connectivity index (χ3n) is 4.93. The van der Waals surface area contributed by atoms with Crippen LogP contribution in [0.15, 0.2) is 29.3 Å². The Hall–Kier alpha value is -2.80. The topological polar surface area (TPSA) is 80.4 Å². The number of aromatic nitrogens is 3. The molecule has 1 aliphatic rings. The Kier molecular flexibility index (Phi) is 4.19. The van der Waals surface area contributed by atoms with Crippen molar-refractivity contribution in [3.63, 3.8) is 0 Å². The number of aliphatic imine (C=N–C) groups is 1. The fraction of sp³-hybridized carbons (Fsp3) is 0.300. The number of carbonyl (C=O) groups is 1. The van der Waals surface area contributed by atoms with Crippen LogP contribution < -0.4 is 0 Å². The summed E-state index contributed by atoms with van der Waals surface area (Å²) in [6.45, 7) is 8.11. The number of carboxylic acids is 1. The molecule has 0 amide bonds. The van der Waals surface area contributed by atoms with Crippen molar-refractivity contribution in [3.8, 4) is 5.00 Å². The van der Waals surface area contributed by atoms with E-state index in [4.69, 9.17) is 4.99 Å². The number of nitrogens with zero attached hydrogens (tertiary/aromatic N) is 4. The largest absolute Gasteiger partial charge is 0.481 e. The summed E-state index contributed by atoms with van der Waals surface area (Å²) in [6.07, 6.45) is -0.125. The summed E-state index contributed by atoms with van der Waals surface area (Å²) in [7, 11) is 0. The van der Waals surface area contributed by atoms with Gasteiger partial charge < -0.3 is 5.11 Å². The summed E-state index contributed by atoms with van der Waals surface area (Å²) in [5.41, 5.74) is 5.17. The molecule has 0 fully saturated rings. The summed E-state index contributed by atoms with van der Waals surface area (Å²) >= 11 is 1.67. The maximum atomic E-state index is 11.5. The van der Waals surface area contributed by atoms with Gasteiger partial charge in [0.1, 0.15) is 16.9 Å². The molecule has 3 aromatic rings. The predicted octanol–water partition coefficient (Wildman–Crippen LogP) is 3.93. The van der Waals surface area contributed by atoms with Gasteiger partial charge in [-0.3, -0.25) is 14.4 Å². The van der Waals surface area contributed by atoms with E-state index in [1.165, 1.54) is 10.4 Å². The molecule has 0 radical (unpaired) electrons. The molecule has 1 aromatic carbocycles. The van der Waals surface area contributed by atoms with Crippen LogP contribution in [-0.4, -0.2) is 31.6 Å². The van der Waals surface area contributed by atoms with Gasteiger partial charge in [0.05, 0.1) is 12.1 Å². The van der Waals surface area contributed by atoms with Crippen LogP contribution in [0.3, 0.4) is 0 Å². The van der Waals surface area contributed by atoms with Crippen molar-refractivity contribution in [2.45, 2.75) is 40.2 Å². The minimum absolute atomic E-state index is 0.125. The van der Waals surface area contributed by atoms with Crippen LogP contribution in [0, 0.1) is 27.7 Å². The average Bonchev–Trinajstić information content (AvgIpc) is 3.08. The van der Waals surface area contributed by atoms with E-state index >= 15 is 0 Å². The van der Waals surface area contributed by atoms with E-state index in [9.17, 15) is 9.90 Å². The van der Waals surface area contributed by atoms with Crippen LogP contribution in [0.25, 0.3) is 5.00 Å². The molecule has 3 heterocycles. The van der Waals surface area contributed by atoms with Gasteiger partial charge in [-0.05, 0) is 33.3 Å². The zero-order valence-corrected chi connectivity index (χ0v) is 16.5. The molecule has 1 N–H and O–H groups in total. The second-order valence-corrected chi connectivity index (χ2v) is 8.06. The lowest BCUT2D eigenvalue weighted by atomic mass is 9.99. The monoisotopic (exact) mass is 380 g/mol. The van der Waals surface area contributed by atoms with E-state index in [0.717, 1.165) is 33.2 Å². The smallest absolute Gasteiger partial charge is 0.306 e. The fourth-order valence-corrected chi connectivity index (χ4v) is 4.62. The second-order valence-electron chi connectivity index (χ2n) is 6.86. The van der Waals surface area contributed by atoms with E-state index in [0.29, 0.717) is 5.82 Å². The number of carboxylic acid groups (broad SMARTS) is 1. The van der Waals surface area contributed by atoms with Gasteiger partial charge >= 0.3 is 5.97 Å². The number of fused-ring (bicyclic) bond motifs is 3. The van der Waals surface area contributed by atoms with Crippen LogP contribution in [0.4, 0.5) is 0 Å². The zero-order chi connectivity index (χ0) is 19.3. The molecule has 7 heteroatoms. The first-order valence-electron chi connectivity index (χ1n) is 8.76. The molecule has 0 spiro atoms. The van der Waals surface area contributed by atoms with Crippen molar-refractivity contribution >= 4 is 23.0 Å². The molecule has 0 saturated carbocycles. The highest BCUT2D eigenvalue weighted by Crippen LogP contribution is 2.39. The van der Waals surface area contributed by atoms with Crippen LogP contribution in [0.5, 0.6) is 0 Å². The number of hydrogen-bond acceptors (Lipinski definition) is 5. The minimum Gasteiger partial charge on any atom is -0.481 e. The number of hydrogen-bond donors (Lipinski definition) is 1. The first-order valence-corrected chi connectivity index (χ1v) is 9.57. The van der Waals surface area contributed by atoms with Crippen molar-refractivity contribution in [3.05, 3.63) is 63.0 Å². The zero-order valence-electron chi connectivity index (χ0n) is 15.6.